The summed E-state index contributed by atoms with van der Waals surface area (Å²) in [5.41, 5.74) is 0.930. The number of nitrogens with zero attached hydrogens (tertiary/aromatic N) is 3. The second-order valence-corrected chi connectivity index (χ2v) is 12.7. The molecule has 3 aliphatic carbocycles. The van der Waals surface area contributed by atoms with Crippen molar-refractivity contribution in [1.82, 2.24) is 9.80 Å². The van der Waals surface area contributed by atoms with Crippen LogP contribution in [0.25, 0.3) is 0 Å². The lowest BCUT2D eigenvalue weighted by molar-refractivity contribution is -0.217. The molecule has 38 heavy (non-hydrogen) atoms. The molecule has 9 atom stereocenters. The fourth-order valence-electron chi connectivity index (χ4n) is 8.13. The maximum atomic E-state index is 13.9. The first-order valence-electron chi connectivity index (χ1n) is 13.5. The lowest BCUT2D eigenvalue weighted by Gasteiger charge is -2.38. The number of hydrogen-bond acceptors (Lipinski definition) is 5. The highest BCUT2D eigenvalue weighted by Crippen LogP contribution is 2.65. The zero-order chi connectivity index (χ0) is 27.1. The van der Waals surface area contributed by atoms with Gasteiger partial charge in [-0.15, -0.1) is 0 Å². The van der Waals surface area contributed by atoms with E-state index in [0.29, 0.717) is 22.5 Å². The van der Waals surface area contributed by atoms with Crippen molar-refractivity contribution in [3.05, 3.63) is 28.2 Å². The van der Waals surface area contributed by atoms with Crippen molar-refractivity contribution in [2.75, 3.05) is 44.2 Å². The summed E-state index contributed by atoms with van der Waals surface area (Å²) in [4.78, 5) is 32.4. The second-order valence-electron chi connectivity index (χ2n) is 11.9. The van der Waals surface area contributed by atoms with Gasteiger partial charge in [-0.3, -0.25) is 19.4 Å². The van der Waals surface area contributed by atoms with Crippen LogP contribution in [-0.4, -0.2) is 78.3 Å². The summed E-state index contributed by atoms with van der Waals surface area (Å²) in [6.07, 6.45) is -4.57. The van der Waals surface area contributed by atoms with E-state index in [-0.39, 0.29) is 18.2 Å². The highest BCUT2D eigenvalue weighted by Gasteiger charge is 2.72. The van der Waals surface area contributed by atoms with Crippen LogP contribution >= 0.6 is 23.2 Å². The first-order chi connectivity index (χ1) is 18.0. The Morgan fingerprint density at radius 1 is 0.974 bits per heavy atom. The smallest absolute Gasteiger partial charge is 0.392 e. The molecule has 0 spiro atoms. The van der Waals surface area contributed by atoms with Gasteiger partial charge in [0, 0.05) is 39.3 Å². The minimum atomic E-state index is -4.49. The van der Waals surface area contributed by atoms with Crippen LogP contribution in [0.2, 0.25) is 10.0 Å². The molecule has 0 radical (unpaired) electrons. The van der Waals surface area contributed by atoms with Gasteiger partial charge in [0.1, 0.15) is 0 Å². The molecule has 2 aliphatic heterocycles. The van der Waals surface area contributed by atoms with Gasteiger partial charge in [0.25, 0.3) is 0 Å². The minimum absolute atomic E-state index is 0.186. The Balaban J connectivity index is 1.05. The number of rotatable bonds is 6. The van der Waals surface area contributed by atoms with Crippen LogP contribution in [0, 0.1) is 47.3 Å². The monoisotopic (exact) mass is 573 g/mol. The van der Waals surface area contributed by atoms with Crippen LogP contribution in [-0.2, 0) is 9.59 Å². The number of piperazine rings is 1. The molecule has 11 heteroatoms. The molecule has 3 saturated carbocycles. The number of alkyl halides is 3. The van der Waals surface area contributed by atoms with Crippen molar-refractivity contribution in [2.24, 2.45) is 47.3 Å². The van der Waals surface area contributed by atoms with Crippen molar-refractivity contribution >= 4 is 40.7 Å². The summed E-state index contributed by atoms with van der Waals surface area (Å²) in [7, 11) is 0. The Labute approximate surface area is 230 Å². The molecule has 5 aliphatic rings. The second kappa shape index (κ2) is 9.53. The standard InChI is InChI=1S/C27H32Cl2F3N3O3/c1-13(36)20-16-10-17(23(20)27(30,31)32)22-21(16)25(37)35(26(22)38)12-15-9-14(15)11-33-5-7-34(8-6-33)19-4-2-3-18(28)24(19)29/h2-4,13-17,20-23,36H,5-12H2,1H3/t13?,14-,15-,16?,17?,20?,21?,22?,23?/m1/s1. The Morgan fingerprint density at radius 2 is 1.61 bits per heavy atom. The van der Waals surface area contributed by atoms with Gasteiger partial charge < -0.3 is 10.0 Å². The highest BCUT2D eigenvalue weighted by atomic mass is 35.5. The molecule has 2 bridgehead atoms. The van der Waals surface area contributed by atoms with E-state index in [9.17, 15) is 27.9 Å². The Morgan fingerprint density at radius 3 is 2.24 bits per heavy atom. The van der Waals surface area contributed by atoms with E-state index in [1.165, 1.54) is 11.8 Å². The maximum Gasteiger partial charge on any atom is 0.392 e. The van der Waals surface area contributed by atoms with E-state index >= 15 is 0 Å². The zero-order valence-corrected chi connectivity index (χ0v) is 22.6. The lowest BCUT2D eigenvalue weighted by atomic mass is 9.67. The van der Waals surface area contributed by atoms with Crippen LogP contribution in [0.15, 0.2) is 18.2 Å². The van der Waals surface area contributed by atoms with Crippen LogP contribution in [0.3, 0.4) is 0 Å². The van der Waals surface area contributed by atoms with E-state index in [2.05, 4.69) is 9.80 Å². The normalized spacial score (nSPS) is 37.8. The summed E-state index contributed by atoms with van der Waals surface area (Å²) in [6, 6.07) is 5.62. The molecule has 2 amide bonds. The number of aliphatic hydroxyl groups is 1. The van der Waals surface area contributed by atoms with Gasteiger partial charge in [0.05, 0.1) is 39.6 Å². The fourth-order valence-corrected chi connectivity index (χ4v) is 8.55. The third kappa shape index (κ3) is 4.32. The highest BCUT2D eigenvalue weighted by molar-refractivity contribution is 6.43. The van der Waals surface area contributed by atoms with Crippen LogP contribution in [0.1, 0.15) is 19.8 Å². The topological polar surface area (TPSA) is 64.1 Å². The third-order valence-corrected chi connectivity index (χ3v) is 10.7. The number of carbonyl (C=O) groups excluding carboxylic acids is 2. The Bertz CT molecular complexity index is 1130. The summed E-state index contributed by atoms with van der Waals surface area (Å²) in [6.45, 7) is 5.89. The van der Waals surface area contributed by atoms with E-state index in [1.807, 2.05) is 12.1 Å². The van der Waals surface area contributed by atoms with Crippen molar-refractivity contribution < 1.29 is 27.9 Å². The molecule has 1 aromatic carbocycles. The molecule has 1 aromatic rings. The van der Waals surface area contributed by atoms with Gasteiger partial charge in [-0.1, -0.05) is 29.3 Å². The third-order valence-electron chi connectivity index (χ3n) is 9.88. The van der Waals surface area contributed by atoms with Crippen molar-refractivity contribution in [1.29, 1.82) is 0 Å². The minimum Gasteiger partial charge on any atom is -0.393 e. The Kier molecular flexibility index (Phi) is 6.69. The molecule has 2 saturated heterocycles. The van der Waals surface area contributed by atoms with E-state index in [1.54, 1.807) is 6.07 Å². The number of carbonyl (C=O) groups is 2. The summed E-state index contributed by atoms with van der Waals surface area (Å²) in [5.74, 6) is -6.05. The lowest BCUT2D eigenvalue weighted by Crippen LogP contribution is -2.47. The van der Waals surface area contributed by atoms with Crippen molar-refractivity contribution in [3.63, 3.8) is 0 Å². The number of fused-ring (bicyclic) bond motifs is 5. The number of likely N-dealkylation sites (tertiary alicyclic amines) is 1. The van der Waals surface area contributed by atoms with Crippen molar-refractivity contribution in [3.8, 4) is 0 Å². The predicted molar refractivity (Wildman–Crippen MR) is 137 cm³/mol. The molecule has 2 heterocycles. The van der Waals surface area contributed by atoms with Gasteiger partial charge in [-0.25, -0.2) is 0 Å². The maximum absolute atomic E-state index is 13.9. The molecular weight excluding hydrogens is 542 g/mol. The largest absolute Gasteiger partial charge is 0.393 e. The van der Waals surface area contributed by atoms with E-state index < -0.39 is 53.7 Å². The first kappa shape index (κ1) is 26.7. The number of aliphatic hydroxyl groups excluding tert-OH is 1. The predicted octanol–water partition coefficient (Wildman–Crippen LogP) is 4.18. The van der Waals surface area contributed by atoms with Gasteiger partial charge in [-0.2, -0.15) is 13.2 Å². The van der Waals surface area contributed by atoms with Crippen LogP contribution in [0.5, 0.6) is 0 Å². The number of amides is 2. The molecule has 5 fully saturated rings. The molecule has 6 rings (SSSR count). The molecular formula is C27H32Cl2F3N3O3. The average Bonchev–Trinajstić information content (AvgIpc) is 3.19. The first-order valence-corrected chi connectivity index (χ1v) is 14.2. The zero-order valence-electron chi connectivity index (χ0n) is 21.1. The van der Waals surface area contributed by atoms with Crippen LogP contribution in [0.4, 0.5) is 18.9 Å². The molecule has 208 valence electrons. The van der Waals surface area contributed by atoms with E-state index in [4.69, 9.17) is 23.2 Å². The fraction of sp³-hybridized carbons (Fsp3) is 0.704. The summed E-state index contributed by atoms with van der Waals surface area (Å²) >= 11 is 12.5. The molecule has 1 N–H and O–H groups in total. The summed E-state index contributed by atoms with van der Waals surface area (Å²) < 4.78 is 41.8. The number of imide groups is 1. The number of hydrogen-bond donors (Lipinski definition) is 1. The molecule has 7 unspecified atom stereocenters. The SMILES string of the molecule is CC(O)C1C2CC(C3C(=O)N(C[C@H]4C[C@@H]4CN4CCN(c5cccc(Cl)c5Cl)CC4)C(=O)C23)C1C(F)(F)F. The number of anilines is 1. The number of halogens is 5. The van der Waals surface area contributed by atoms with Crippen molar-refractivity contribution in [2.45, 2.75) is 32.0 Å². The number of benzene rings is 1. The summed E-state index contributed by atoms with van der Waals surface area (Å²) in [5, 5.41) is 11.3. The molecule has 0 aromatic heterocycles. The molecule has 6 nitrogen and oxygen atoms in total. The van der Waals surface area contributed by atoms with E-state index in [0.717, 1.165) is 44.8 Å². The van der Waals surface area contributed by atoms with Gasteiger partial charge in [0.15, 0.2) is 0 Å². The average molecular weight is 574 g/mol. The van der Waals surface area contributed by atoms with Crippen LogP contribution < -0.4 is 4.90 Å². The van der Waals surface area contributed by atoms with Gasteiger partial charge in [-0.05, 0) is 61.5 Å². The Hall–Kier alpha value is -1.55. The quantitative estimate of drug-likeness (QED) is 0.517. The van der Waals surface area contributed by atoms with Gasteiger partial charge >= 0.3 is 6.18 Å². The van der Waals surface area contributed by atoms with Gasteiger partial charge in [0.2, 0.25) is 11.8 Å².